The molecule has 0 spiro atoms. The van der Waals surface area contributed by atoms with Gasteiger partial charge in [0.1, 0.15) is 5.06 Å². The second kappa shape index (κ2) is 10.3. The second-order valence-electron chi connectivity index (χ2n) is 10.5. The average Bonchev–Trinajstić information content (AvgIpc) is 3.71. The predicted molar refractivity (Wildman–Crippen MR) is 165 cm³/mol. The predicted octanol–water partition coefficient (Wildman–Crippen LogP) is 9.36. The van der Waals surface area contributed by atoms with Crippen molar-refractivity contribution in [2.75, 3.05) is 11.9 Å². The molecule has 7 heteroatoms. The van der Waals surface area contributed by atoms with Gasteiger partial charge < -0.3 is 14.5 Å². The molecule has 1 aliphatic rings. The largest absolute Gasteiger partial charge is 0.510 e. The quantitative estimate of drug-likeness (QED) is 0.169. The number of nitrogens with zero attached hydrogens (tertiary/aromatic N) is 3. The van der Waals surface area contributed by atoms with Gasteiger partial charge in [0.05, 0.1) is 0 Å². The van der Waals surface area contributed by atoms with Crippen LogP contribution in [0.5, 0.6) is 10.8 Å². The third-order valence-corrected chi connectivity index (χ3v) is 8.78. The summed E-state index contributed by atoms with van der Waals surface area (Å²) in [4.78, 5) is 7.70. The van der Waals surface area contributed by atoms with Crippen LogP contribution in [0, 0.1) is 18.8 Å². The van der Waals surface area contributed by atoms with Crippen molar-refractivity contribution in [1.82, 2.24) is 9.88 Å². The maximum Gasteiger partial charge on any atom is 0.107 e. The number of anilines is 1. The van der Waals surface area contributed by atoms with Crippen LogP contribution in [0.3, 0.4) is 0 Å². The van der Waals surface area contributed by atoms with E-state index in [0.717, 1.165) is 26.7 Å². The van der Waals surface area contributed by atoms with Crippen molar-refractivity contribution in [3.63, 3.8) is 0 Å². The molecule has 40 heavy (non-hydrogen) atoms. The third kappa shape index (κ3) is 4.83. The van der Waals surface area contributed by atoms with Crippen molar-refractivity contribution in [2.45, 2.75) is 26.2 Å². The van der Waals surface area contributed by atoms with Crippen LogP contribution in [0.4, 0.5) is 5.69 Å². The molecule has 7 rings (SSSR count). The van der Waals surface area contributed by atoms with E-state index < -0.39 is 6.98 Å². The first-order valence-corrected chi connectivity index (χ1v) is 14.3. The monoisotopic (exact) mass is 742 g/mol. The molecule has 0 fully saturated rings. The molecule has 3 aromatic carbocycles. The zero-order valence-corrected chi connectivity index (χ0v) is 25.9. The van der Waals surface area contributed by atoms with Gasteiger partial charge in [0, 0.05) is 47.5 Å². The van der Waals surface area contributed by atoms with Gasteiger partial charge in [0.25, 0.3) is 0 Å². The molecule has 0 unspecified atom stereocenters. The van der Waals surface area contributed by atoms with Gasteiger partial charge >= 0.3 is 0 Å². The van der Waals surface area contributed by atoms with Gasteiger partial charge in [-0.3, -0.25) is 4.98 Å². The molecule has 204 valence electrons. The molecule has 4 nitrogen and oxygen atoms in total. The van der Waals surface area contributed by atoms with E-state index in [2.05, 4.69) is 74.7 Å². The summed E-state index contributed by atoms with van der Waals surface area (Å²) in [6, 6.07) is 25.4. The second-order valence-corrected chi connectivity index (χ2v) is 12.5. The Labute approximate surface area is 261 Å². The van der Waals surface area contributed by atoms with E-state index >= 15 is 0 Å². The van der Waals surface area contributed by atoms with E-state index in [-0.39, 0.29) is 26.5 Å². The van der Waals surface area contributed by atoms with Gasteiger partial charge in [-0.2, -0.15) is 29.5 Å². The van der Waals surface area contributed by atoms with E-state index in [1.54, 1.807) is 33.8 Å². The van der Waals surface area contributed by atoms with Crippen LogP contribution in [-0.4, -0.2) is 16.9 Å². The van der Waals surface area contributed by atoms with Gasteiger partial charge in [-0.1, -0.05) is 42.5 Å². The Morgan fingerprint density at radius 1 is 1.00 bits per heavy atom. The summed E-state index contributed by atoms with van der Waals surface area (Å²) in [5.41, 5.74) is 3.81. The smallest absolute Gasteiger partial charge is 0.107 e. The molecule has 3 aromatic heterocycles. The Kier molecular flexibility index (Phi) is 6.08. The number of hydrogen-bond donors (Lipinski definition) is 0. The minimum Gasteiger partial charge on any atom is -0.510 e. The van der Waals surface area contributed by atoms with Crippen LogP contribution in [0.2, 0.25) is 0 Å². The van der Waals surface area contributed by atoms with Gasteiger partial charge in [-0.25, -0.2) is 0 Å². The molecule has 0 N–H and O–H groups in total. The number of fused-ring (bicyclic) bond motifs is 5. The van der Waals surface area contributed by atoms with Crippen molar-refractivity contribution in [3.05, 3.63) is 103 Å². The number of ether oxygens (including phenoxy) is 1. The van der Waals surface area contributed by atoms with Crippen LogP contribution < -0.4 is 9.64 Å². The molecule has 0 radical (unpaired) electrons. The molecule has 0 atom stereocenters. The fraction of sp³-hybridized carbons (Fsp3) is 0.152. The minimum absolute atomic E-state index is 0. The van der Waals surface area contributed by atoms with Crippen molar-refractivity contribution < 1.29 is 29.9 Å². The first-order chi connectivity index (χ1) is 20.0. The first-order valence-electron chi connectivity index (χ1n) is 14.1. The van der Waals surface area contributed by atoms with Gasteiger partial charge in [-0.15, -0.1) is 47.4 Å². The summed E-state index contributed by atoms with van der Waals surface area (Å²) in [5, 5.41) is 7.29. The SMILES string of the molecule is [2H]C([2H])([2H])N1C=CN(c2[c-]c(Oc3[c-]c4c(-c5cc(C(C)(C)C)ccn5)cc5c6ccsc6ccc5c4s3)ccc2)[CH-]1.[Pt]. The van der Waals surface area contributed by atoms with Crippen molar-refractivity contribution in [2.24, 2.45) is 0 Å². The maximum absolute atomic E-state index is 7.65. The molecule has 6 aromatic rings. The van der Waals surface area contributed by atoms with Crippen molar-refractivity contribution >= 4 is 59.3 Å². The number of hydrogen-bond acceptors (Lipinski definition) is 6. The summed E-state index contributed by atoms with van der Waals surface area (Å²) in [5.74, 6) is 0.517. The standard InChI is InChI=1S/C33H26N3OS2.Pt/c1-33(2,3)21-10-12-34-29(16-21)27-18-26-24-11-15-38-30(24)9-8-25(26)32-28(27)19-31(39-32)37-23-7-5-6-22(17-23)36-14-13-35(4)20-36;/h5-16,18,20H,1-4H3;/q-3;/i4D3;. The van der Waals surface area contributed by atoms with Crippen LogP contribution in [0.1, 0.15) is 30.4 Å². The number of pyridine rings is 1. The minimum atomic E-state index is -2.25. The average molecular weight is 743 g/mol. The van der Waals surface area contributed by atoms with E-state index in [1.165, 1.54) is 38.8 Å². The molecule has 0 bridgehead atoms. The molecule has 0 amide bonds. The van der Waals surface area contributed by atoms with Gasteiger partial charge in [0.15, 0.2) is 0 Å². The van der Waals surface area contributed by atoms with Crippen molar-refractivity contribution in [1.29, 1.82) is 0 Å². The Morgan fingerprint density at radius 3 is 2.73 bits per heavy atom. The fourth-order valence-electron chi connectivity index (χ4n) is 4.88. The number of rotatable bonds is 4. The molecule has 0 aliphatic carbocycles. The molecule has 0 saturated carbocycles. The summed E-state index contributed by atoms with van der Waals surface area (Å²) >= 11 is 3.29. The Balaban J connectivity index is 0.00000329. The van der Waals surface area contributed by atoms with E-state index in [0.29, 0.717) is 16.5 Å². The molecular formula is C33H26N3OPtS2-3. The van der Waals surface area contributed by atoms with Crippen LogP contribution >= 0.6 is 22.7 Å². The molecule has 1 aliphatic heterocycles. The number of benzene rings is 3. The summed E-state index contributed by atoms with van der Waals surface area (Å²) < 4.78 is 31.6. The number of thiophene rings is 2. The van der Waals surface area contributed by atoms with E-state index in [4.69, 9.17) is 13.8 Å². The Morgan fingerprint density at radius 2 is 1.90 bits per heavy atom. The topological polar surface area (TPSA) is 28.6 Å². The Bertz CT molecular complexity index is 2010. The van der Waals surface area contributed by atoms with Gasteiger partial charge in [-0.05, 0) is 70.8 Å². The normalized spacial score (nSPS) is 14.9. The van der Waals surface area contributed by atoms with Crippen molar-refractivity contribution in [3.8, 4) is 22.1 Å². The fourth-order valence-corrected chi connectivity index (χ4v) is 6.70. The van der Waals surface area contributed by atoms with E-state index in [9.17, 15) is 0 Å². The van der Waals surface area contributed by atoms with Gasteiger partial charge in [0.2, 0.25) is 0 Å². The first kappa shape index (κ1) is 23.5. The maximum atomic E-state index is 7.65. The van der Waals surface area contributed by atoms with Crippen LogP contribution in [-0.2, 0) is 26.5 Å². The molecular weight excluding hydrogens is 714 g/mol. The Hall–Kier alpha value is -3.18. The summed E-state index contributed by atoms with van der Waals surface area (Å²) in [7, 11) is 0. The molecule has 0 saturated heterocycles. The number of aromatic nitrogens is 1. The van der Waals surface area contributed by atoms with Crippen LogP contribution in [0.25, 0.3) is 42.2 Å². The summed E-state index contributed by atoms with van der Waals surface area (Å²) in [6.07, 6.45) is 5.10. The van der Waals surface area contributed by atoms with Crippen LogP contribution in [0.15, 0.2) is 78.6 Å². The third-order valence-electron chi connectivity index (χ3n) is 6.90. The zero-order valence-electron chi connectivity index (χ0n) is 25.0. The van der Waals surface area contributed by atoms with E-state index in [1.807, 2.05) is 24.4 Å². The zero-order chi connectivity index (χ0) is 29.2. The summed E-state index contributed by atoms with van der Waals surface area (Å²) in [6.45, 7) is 5.90. The molecule has 4 heterocycles.